The van der Waals surface area contributed by atoms with Gasteiger partial charge in [0, 0.05) is 66.8 Å². The van der Waals surface area contributed by atoms with Crippen LogP contribution in [0.25, 0.3) is 11.1 Å². The molecular weight excluding hydrogens is 641 g/mol. The fourth-order valence-electron chi connectivity index (χ4n) is 7.59. The summed E-state index contributed by atoms with van der Waals surface area (Å²) < 4.78 is 46.8. The third-order valence-electron chi connectivity index (χ3n) is 10.1. The molecule has 0 bridgehead atoms. The molecule has 0 aliphatic carbocycles. The van der Waals surface area contributed by atoms with Gasteiger partial charge in [-0.15, -0.1) is 11.3 Å². The lowest BCUT2D eigenvalue weighted by Gasteiger charge is -2.44. The van der Waals surface area contributed by atoms with Gasteiger partial charge < -0.3 is 19.7 Å². The van der Waals surface area contributed by atoms with Gasteiger partial charge in [-0.3, -0.25) is 19.8 Å². The molecule has 2 aromatic carbocycles. The number of fused-ring (bicyclic) bond motifs is 2. The number of thiazole rings is 1. The average molecular weight is 677 g/mol. The number of hydrogen-bond acceptors (Lipinski definition) is 8. The third kappa shape index (κ3) is 5.55. The number of aromatic nitrogens is 3. The lowest BCUT2D eigenvalue weighted by Crippen LogP contribution is -2.61. The number of carbonyl (C=O) groups excluding carboxylic acids is 2. The minimum atomic E-state index is -2.74. The smallest absolute Gasteiger partial charge is 0.275 e. The number of nitrogens with one attached hydrogen (secondary N) is 2. The molecule has 2 saturated heterocycles. The number of imidazole rings is 1. The fourth-order valence-corrected chi connectivity index (χ4v) is 8.13. The van der Waals surface area contributed by atoms with Crippen LogP contribution >= 0.6 is 11.3 Å². The summed E-state index contributed by atoms with van der Waals surface area (Å²) >= 11 is 1.27. The second-order valence-electron chi connectivity index (χ2n) is 12.8. The van der Waals surface area contributed by atoms with Crippen LogP contribution in [0.5, 0.6) is 0 Å². The number of carbonyl (C=O) groups is 2. The van der Waals surface area contributed by atoms with E-state index in [4.69, 9.17) is 0 Å². The van der Waals surface area contributed by atoms with E-state index in [1.54, 1.807) is 24.0 Å². The summed E-state index contributed by atoms with van der Waals surface area (Å²) in [5.41, 5.74) is 4.14. The zero-order valence-corrected chi connectivity index (χ0v) is 27.0. The first-order valence-corrected chi connectivity index (χ1v) is 17.2. The molecule has 0 saturated carbocycles. The van der Waals surface area contributed by atoms with Crippen LogP contribution in [0.3, 0.4) is 0 Å². The molecule has 48 heavy (non-hydrogen) atoms. The van der Waals surface area contributed by atoms with Crippen LogP contribution in [-0.4, -0.2) is 87.4 Å². The third-order valence-corrected chi connectivity index (χ3v) is 10.7. The van der Waals surface area contributed by atoms with Crippen molar-refractivity contribution < 1.29 is 22.8 Å². The second-order valence-corrected chi connectivity index (χ2v) is 13.7. The monoisotopic (exact) mass is 676 g/mol. The van der Waals surface area contributed by atoms with Gasteiger partial charge in [-0.2, -0.15) is 0 Å². The highest BCUT2D eigenvalue weighted by Gasteiger charge is 2.45. The quantitative estimate of drug-likeness (QED) is 0.297. The van der Waals surface area contributed by atoms with Gasteiger partial charge in [0.2, 0.25) is 0 Å². The van der Waals surface area contributed by atoms with Crippen molar-refractivity contribution in [3.63, 3.8) is 0 Å². The number of anilines is 2. The van der Waals surface area contributed by atoms with Crippen LogP contribution in [-0.2, 0) is 24.3 Å². The topological polar surface area (TPSA) is 98.6 Å². The number of aryl methyl sites for hydroxylation is 1. The summed E-state index contributed by atoms with van der Waals surface area (Å²) in [5.74, 6) is -4.12. The van der Waals surface area contributed by atoms with Crippen molar-refractivity contribution in [2.45, 2.75) is 50.4 Å². The molecule has 6 heterocycles. The standard InChI is InChI=1S/C34H35F3N8O2S/c35-26-17-22(21-3-5-23(6-4-21)42-11-13-43(14-12-42)28-7-8-38-19-34(28,36)37)16-24-25(26)18-45(32(24)47)30(31(46)41-33-39-9-15-48-33)29-27-2-1-10-44(27)20-40-29/h3-6,9,15-17,20,28,30,38H,1-2,7-8,10-14,18-19H2,(H,39,41,46). The van der Waals surface area contributed by atoms with Gasteiger partial charge in [-0.1, -0.05) is 12.1 Å². The molecule has 2 N–H and O–H groups in total. The van der Waals surface area contributed by atoms with Crippen molar-refractivity contribution in [3.05, 3.63) is 82.6 Å². The van der Waals surface area contributed by atoms with E-state index in [9.17, 15) is 18.4 Å². The SMILES string of the molecule is O=C(Nc1nccs1)C(c1ncn2c1CCC2)N1Cc2c(F)cc(-c3ccc(N4CCN(C5CCNCC5(F)F)CC4)cc3)cc2C1=O. The maximum atomic E-state index is 15.8. The van der Waals surface area contributed by atoms with E-state index in [1.807, 2.05) is 33.7 Å². The van der Waals surface area contributed by atoms with Gasteiger partial charge >= 0.3 is 0 Å². The molecule has 10 nitrogen and oxygen atoms in total. The largest absolute Gasteiger partial charge is 0.369 e. The Morgan fingerprint density at radius 2 is 1.88 bits per heavy atom. The molecule has 4 aliphatic heterocycles. The second kappa shape index (κ2) is 12.3. The van der Waals surface area contributed by atoms with Crippen molar-refractivity contribution in [1.29, 1.82) is 0 Å². The molecule has 4 aliphatic rings. The van der Waals surface area contributed by atoms with Crippen molar-refractivity contribution in [2.75, 3.05) is 49.5 Å². The average Bonchev–Trinajstić information content (AvgIpc) is 3.89. The first-order chi connectivity index (χ1) is 23.3. The first-order valence-electron chi connectivity index (χ1n) is 16.3. The molecule has 2 amide bonds. The number of halogens is 3. The van der Waals surface area contributed by atoms with E-state index in [1.165, 1.54) is 22.3 Å². The van der Waals surface area contributed by atoms with Crippen LogP contribution in [0.4, 0.5) is 24.0 Å². The molecule has 0 radical (unpaired) electrons. The Bertz CT molecular complexity index is 1840. The maximum Gasteiger partial charge on any atom is 0.275 e. The Morgan fingerprint density at radius 1 is 1.06 bits per heavy atom. The first kappa shape index (κ1) is 31.0. The molecule has 2 aromatic heterocycles. The normalized spacial score (nSPS) is 21.3. The predicted molar refractivity (Wildman–Crippen MR) is 176 cm³/mol. The Morgan fingerprint density at radius 3 is 2.62 bits per heavy atom. The number of amides is 2. The maximum absolute atomic E-state index is 15.8. The summed E-state index contributed by atoms with van der Waals surface area (Å²) in [6, 6.07) is 9.01. The summed E-state index contributed by atoms with van der Waals surface area (Å²) in [6.45, 7) is 3.44. The molecule has 2 atom stereocenters. The molecule has 8 rings (SSSR count). The van der Waals surface area contributed by atoms with Crippen molar-refractivity contribution in [1.82, 2.24) is 29.7 Å². The Labute approximate surface area is 279 Å². The van der Waals surface area contributed by atoms with Crippen LogP contribution in [0, 0.1) is 5.82 Å². The Hall–Kier alpha value is -4.27. The molecule has 2 unspecified atom stereocenters. The van der Waals surface area contributed by atoms with Gasteiger partial charge in [0.15, 0.2) is 11.2 Å². The molecular formula is C34H35F3N8O2S. The summed E-state index contributed by atoms with van der Waals surface area (Å²) in [4.78, 5) is 41.9. The highest BCUT2D eigenvalue weighted by atomic mass is 32.1. The van der Waals surface area contributed by atoms with E-state index >= 15 is 4.39 Å². The number of alkyl halides is 2. The van der Waals surface area contributed by atoms with E-state index in [-0.39, 0.29) is 24.2 Å². The molecule has 0 spiro atoms. The molecule has 4 aromatic rings. The number of rotatable bonds is 7. The van der Waals surface area contributed by atoms with Gasteiger partial charge in [-0.25, -0.2) is 23.1 Å². The van der Waals surface area contributed by atoms with Crippen LogP contribution in [0.2, 0.25) is 0 Å². The lowest BCUT2D eigenvalue weighted by molar-refractivity contribution is -0.121. The number of hydrogen-bond donors (Lipinski definition) is 2. The predicted octanol–water partition coefficient (Wildman–Crippen LogP) is 4.55. The zero-order chi connectivity index (χ0) is 33.0. The Balaban J connectivity index is 1.01. The minimum Gasteiger partial charge on any atom is -0.369 e. The number of piperidine rings is 1. The highest BCUT2D eigenvalue weighted by molar-refractivity contribution is 7.13. The molecule has 250 valence electrons. The Kier molecular flexibility index (Phi) is 7.96. The summed E-state index contributed by atoms with van der Waals surface area (Å²) in [5, 5.41) is 7.78. The number of nitrogens with zero attached hydrogens (tertiary/aromatic N) is 6. The van der Waals surface area contributed by atoms with Crippen LogP contribution in [0.15, 0.2) is 54.3 Å². The van der Waals surface area contributed by atoms with Crippen LogP contribution < -0.4 is 15.5 Å². The highest BCUT2D eigenvalue weighted by Crippen LogP contribution is 2.38. The van der Waals surface area contributed by atoms with Gasteiger partial charge in [0.25, 0.3) is 17.7 Å². The van der Waals surface area contributed by atoms with Crippen molar-refractivity contribution in [3.8, 4) is 11.1 Å². The van der Waals surface area contributed by atoms with Crippen LogP contribution in [0.1, 0.15) is 46.2 Å². The van der Waals surface area contributed by atoms with Gasteiger partial charge in [0.1, 0.15) is 5.82 Å². The number of piperazine rings is 1. The number of benzene rings is 2. The minimum absolute atomic E-state index is 0.0588. The zero-order valence-electron chi connectivity index (χ0n) is 26.2. The van der Waals surface area contributed by atoms with E-state index in [0.717, 1.165) is 36.3 Å². The lowest BCUT2D eigenvalue weighted by atomic mass is 9.99. The van der Waals surface area contributed by atoms with E-state index in [0.29, 0.717) is 55.5 Å². The molecule has 14 heteroatoms. The fraction of sp³-hybridized carbons (Fsp3) is 0.412. The van der Waals surface area contributed by atoms with E-state index < -0.39 is 35.6 Å². The summed E-state index contributed by atoms with van der Waals surface area (Å²) in [6.07, 6.45) is 5.38. The molecule has 2 fully saturated rings. The van der Waals surface area contributed by atoms with E-state index in [2.05, 4.69) is 25.5 Å². The van der Waals surface area contributed by atoms with Gasteiger partial charge in [-0.05, 0) is 61.2 Å². The van der Waals surface area contributed by atoms with Crippen molar-refractivity contribution in [2.24, 2.45) is 0 Å². The van der Waals surface area contributed by atoms with Crippen molar-refractivity contribution >= 4 is 34.0 Å². The summed E-state index contributed by atoms with van der Waals surface area (Å²) in [7, 11) is 0. The van der Waals surface area contributed by atoms with Gasteiger partial charge in [0.05, 0.1) is 31.2 Å².